The first-order valence-corrected chi connectivity index (χ1v) is 6.70. The highest BCUT2D eigenvalue weighted by Crippen LogP contribution is 2.22. The SMILES string of the molecule is CCCCC(C(=O)OC)C(=O)c1cscc1C. The Labute approximate surface area is 106 Å². The van der Waals surface area contributed by atoms with Crippen LogP contribution in [0.5, 0.6) is 0 Å². The summed E-state index contributed by atoms with van der Waals surface area (Å²) in [4.78, 5) is 23.9. The first-order chi connectivity index (χ1) is 8.11. The lowest BCUT2D eigenvalue weighted by atomic mass is 9.92. The summed E-state index contributed by atoms with van der Waals surface area (Å²) in [7, 11) is 1.33. The Bertz CT molecular complexity index is 395. The molecule has 1 unspecified atom stereocenters. The lowest BCUT2D eigenvalue weighted by Gasteiger charge is -2.12. The average Bonchev–Trinajstić information content (AvgIpc) is 2.75. The van der Waals surface area contributed by atoms with Crippen molar-refractivity contribution in [2.24, 2.45) is 5.92 Å². The number of esters is 1. The summed E-state index contributed by atoms with van der Waals surface area (Å²) in [5.41, 5.74) is 1.59. The Hall–Kier alpha value is -1.16. The molecule has 0 radical (unpaired) electrons. The maximum Gasteiger partial charge on any atom is 0.316 e. The van der Waals surface area contributed by atoms with Gasteiger partial charge in [0.15, 0.2) is 5.78 Å². The van der Waals surface area contributed by atoms with Gasteiger partial charge in [0.1, 0.15) is 5.92 Å². The van der Waals surface area contributed by atoms with Crippen molar-refractivity contribution in [3.63, 3.8) is 0 Å². The fourth-order valence-electron chi connectivity index (χ4n) is 1.71. The van der Waals surface area contributed by atoms with Gasteiger partial charge < -0.3 is 4.74 Å². The number of hydrogen-bond donors (Lipinski definition) is 0. The van der Waals surface area contributed by atoms with Crippen LogP contribution in [0.1, 0.15) is 42.1 Å². The molecule has 1 aromatic rings. The molecule has 0 aliphatic heterocycles. The summed E-state index contributed by atoms with van der Waals surface area (Å²) in [6.07, 6.45) is 2.38. The van der Waals surface area contributed by atoms with Gasteiger partial charge in [0.2, 0.25) is 0 Å². The minimum atomic E-state index is -0.645. The van der Waals surface area contributed by atoms with Crippen LogP contribution < -0.4 is 0 Å². The van der Waals surface area contributed by atoms with E-state index in [-0.39, 0.29) is 5.78 Å². The van der Waals surface area contributed by atoms with Gasteiger partial charge >= 0.3 is 5.97 Å². The van der Waals surface area contributed by atoms with E-state index in [0.717, 1.165) is 18.4 Å². The molecule has 1 heterocycles. The van der Waals surface area contributed by atoms with Gasteiger partial charge in [-0.25, -0.2) is 0 Å². The second-order valence-corrected chi connectivity index (χ2v) is 4.79. The zero-order chi connectivity index (χ0) is 12.8. The summed E-state index contributed by atoms with van der Waals surface area (Å²) >= 11 is 1.48. The number of aryl methyl sites for hydroxylation is 1. The molecule has 1 rings (SSSR count). The summed E-state index contributed by atoms with van der Waals surface area (Å²) in [5, 5.41) is 3.72. The van der Waals surface area contributed by atoms with E-state index >= 15 is 0 Å². The van der Waals surface area contributed by atoms with Crippen molar-refractivity contribution in [2.75, 3.05) is 7.11 Å². The smallest absolute Gasteiger partial charge is 0.316 e. The van der Waals surface area contributed by atoms with E-state index in [0.29, 0.717) is 12.0 Å². The molecule has 0 aliphatic rings. The Morgan fingerprint density at radius 2 is 2.12 bits per heavy atom. The molecule has 0 N–H and O–H groups in total. The molecule has 0 bridgehead atoms. The third kappa shape index (κ3) is 3.40. The Balaban J connectivity index is 2.86. The highest BCUT2D eigenvalue weighted by Gasteiger charge is 2.28. The highest BCUT2D eigenvalue weighted by atomic mass is 32.1. The van der Waals surface area contributed by atoms with Crippen LogP contribution in [0.3, 0.4) is 0 Å². The van der Waals surface area contributed by atoms with Crippen molar-refractivity contribution in [1.82, 2.24) is 0 Å². The maximum atomic E-state index is 12.2. The number of Topliss-reactive ketones (excluding diaryl/α,β-unsaturated/α-hetero) is 1. The van der Waals surface area contributed by atoms with Crippen molar-refractivity contribution >= 4 is 23.1 Å². The second kappa shape index (κ2) is 6.55. The number of ketones is 1. The second-order valence-electron chi connectivity index (χ2n) is 4.05. The average molecular weight is 254 g/mol. The van der Waals surface area contributed by atoms with E-state index in [2.05, 4.69) is 0 Å². The number of hydrogen-bond acceptors (Lipinski definition) is 4. The third-order valence-electron chi connectivity index (χ3n) is 2.77. The van der Waals surface area contributed by atoms with Crippen LogP contribution in [0.2, 0.25) is 0 Å². The summed E-state index contributed by atoms with van der Waals surface area (Å²) in [5.74, 6) is -1.17. The third-order valence-corrected chi connectivity index (χ3v) is 3.63. The fourth-order valence-corrected chi connectivity index (χ4v) is 2.54. The molecular formula is C13H18O3S. The topological polar surface area (TPSA) is 43.4 Å². The Morgan fingerprint density at radius 1 is 1.41 bits per heavy atom. The minimum absolute atomic E-state index is 0.107. The molecule has 17 heavy (non-hydrogen) atoms. The van der Waals surface area contributed by atoms with Gasteiger partial charge in [-0.05, 0) is 24.3 Å². The van der Waals surface area contributed by atoms with Gasteiger partial charge in [-0.15, -0.1) is 0 Å². The van der Waals surface area contributed by atoms with Crippen LogP contribution in [0.4, 0.5) is 0 Å². The van der Waals surface area contributed by atoms with Gasteiger partial charge in [-0.2, -0.15) is 11.3 Å². The predicted molar refractivity (Wildman–Crippen MR) is 68.4 cm³/mol. The molecule has 0 aliphatic carbocycles. The fraction of sp³-hybridized carbons (Fsp3) is 0.538. The van der Waals surface area contributed by atoms with Gasteiger partial charge in [-0.3, -0.25) is 9.59 Å². The Morgan fingerprint density at radius 3 is 2.59 bits per heavy atom. The molecule has 0 amide bonds. The molecule has 1 atom stereocenters. The van der Waals surface area contributed by atoms with E-state index in [1.165, 1.54) is 18.4 Å². The van der Waals surface area contributed by atoms with Crippen LogP contribution in [0.25, 0.3) is 0 Å². The van der Waals surface area contributed by atoms with Crippen molar-refractivity contribution in [3.05, 3.63) is 21.9 Å². The summed E-state index contributed by atoms with van der Waals surface area (Å²) in [6.45, 7) is 3.92. The molecule has 3 nitrogen and oxygen atoms in total. The maximum absolute atomic E-state index is 12.2. The Kier molecular flexibility index (Phi) is 5.35. The first kappa shape index (κ1) is 13.9. The number of methoxy groups -OCH3 is 1. The zero-order valence-corrected chi connectivity index (χ0v) is 11.3. The zero-order valence-electron chi connectivity index (χ0n) is 10.5. The normalized spacial score (nSPS) is 12.2. The van der Waals surface area contributed by atoms with E-state index in [9.17, 15) is 9.59 Å². The number of rotatable bonds is 6. The molecule has 94 valence electrons. The summed E-state index contributed by atoms with van der Waals surface area (Å²) in [6, 6.07) is 0. The van der Waals surface area contributed by atoms with Crippen LogP contribution in [0, 0.1) is 12.8 Å². The molecule has 0 fully saturated rings. The van der Waals surface area contributed by atoms with E-state index in [4.69, 9.17) is 4.74 Å². The minimum Gasteiger partial charge on any atom is -0.468 e. The van der Waals surface area contributed by atoms with Gasteiger partial charge in [0.25, 0.3) is 0 Å². The van der Waals surface area contributed by atoms with Crippen LogP contribution in [0.15, 0.2) is 10.8 Å². The van der Waals surface area contributed by atoms with Gasteiger partial charge in [0.05, 0.1) is 7.11 Å². The van der Waals surface area contributed by atoms with Crippen molar-refractivity contribution in [2.45, 2.75) is 33.1 Å². The monoisotopic (exact) mass is 254 g/mol. The quantitative estimate of drug-likeness (QED) is 0.445. The highest BCUT2D eigenvalue weighted by molar-refractivity contribution is 7.08. The number of thiophene rings is 1. The number of unbranched alkanes of at least 4 members (excludes halogenated alkanes) is 1. The van der Waals surface area contributed by atoms with Gasteiger partial charge in [-0.1, -0.05) is 19.8 Å². The van der Waals surface area contributed by atoms with Crippen LogP contribution in [-0.4, -0.2) is 18.9 Å². The number of carbonyl (C=O) groups is 2. The largest absolute Gasteiger partial charge is 0.468 e. The molecule has 0 aromatic carbocycles. The van der Waals surface area contributed by atoms with Crippen molar-refractivity contribution in [1.29, 1.82) is 0 Å². The van der Waals surface area contributed by atoms with Crippen molar-refractivity contribution < 1.29 is 14.3 Å². The summed E-state index contributed by atoms with van der Waals surface area (Å²) < 4.78 is 4.71. The molecule has 0 saturated heterocycles. The lowest BCUT2D eigenvalue weighted by Crippen LogP contribution is -2.25. The van der Waals surface area contributed by atoms with Gasteiger partial charge in [0, 0.05) is 10.9 Å². The van der Waals surface area contributed by atoms with Crippen LogP contribution in [-0.2, 0) is 9.53 Å². The standard InChI is InChI=1S/C13H18O3S/c1-4-5-6-10(13(15)16-3)12(14)11-8-17-7-9(11)2/h7-8,10H,4-6H2,1-3H3. The molecule has 1 aromatic heterocycles. The number of carbonyl (C=O) groups excluding carboxylic acids is 2. The van der Waals surface area contributed by atoms with E-state index < -0.39 is 11.9 Å². The van der Waals surface area contributed by atoms with E-state index in [1.54, 1.807) is 5.38 Å². The van der Waals surface area contributed by atoms with E-state index in [1.807, 2.05) is 19.2 Å². The lowest BCUT2D eigenvalue weighted by molar-refractivity contribution is -0.143. The predicted octanol–water partition coefficient (Wildman–Crippen LogP) is 3.22. The van der Waals surface area contributed by atoms with Crippen LogP contribution >= 0.6 is 11.3 Å². The molecular weight excluding hydrogens is 236 g/mol. The molecule has 4 heteroatoms. The molecule has 0 saturated carbocycles. The first-order valence-electron chi connectivity index (χ1n) is 5.76. The van der Waals surface area contributed by atoms with Crippen molar-refractivity contribution in [3.8, 4) is 0 Å². The molecule has 0 spiro atoms. The number of ether oxygens (including phenoxy) is 1.